The summed E-state index contributed by atoms with van der Waals surface area (Å²) in [6.45, 7) is 3.91. The maximum Gasteiger partial charge on any atom is 0.228 e. The van der Waals surface area contributed by atoms with Crippen LogP contribution in [0.4, 0.5) is 5.69 Å². The van der Waals surface area contributed by atoms with Gasteiger partial charge in [-0.15, -0.1) is 0 Å². The maximum atomic E-state index is 12.0. The Labute approximate surface area is 103 Å². The fourth-order valence-corrected chi connectivity index (χ4v) is 2.24. The predicted octanol–water partition coefficient (Wildman–Crippen LogP) is 2.19. The number of amides is 1. The van der Waals surface area contributed by atoms with Crippen LogP contribution in [0, 0.1) is 5.92 Å². The van der Waals surface area contributed by atoms with Crippen LogP contribution >= 0.6 is 0 Å². The highest BCUT2D eigenvalue weighted by Crippen LogP contribution is 2.19. The van der Waals surface area contributed by atoms with Gasteiger partial charge in [0, 0.05) is 12.2 Å². The van der Waals surface area contributed by atoms with Gasteiger partial charge in [-0.2, -0.15) is 0 Å². The molecule has 3 heteroatoms. The monoisotopic (exact) mass is 232 g/mol. The Hall–Kier alpha value is -1.35. The summed E-state index contributed by atoms with van der Waals surface area (Å²) >= 11 is 0. The summed E-state index contributed by atoms with van der Waals surface area (Å²) in [4.78, 5) is 12.0. The molecule has 1 aromatic carbocycles. The Balaban J connectivity index is 2.04. The van der Waals surface area contributed by atoms with Gasteiger partial charge < -0.3 is 10.6 Å². The summed E-state index contributed by atoms with van der Waals surface area (Å²) in [5.74, 6) is 0.281. The largest absolute Gasteiger partial charge is 0.326 e. The summed E-state index contributed by atoms with van der Waals surface area (Å²) in [6.07, 6.45) is 3.05. The van der Waals surface area contributed by atoms with Crippen molar-refractivity contribution in [3.8, 4) is 0 Å². The molecule has 1 aliphatic rings. The lowest BCUT2D eigenvalue weighted by atomic mass is 10.1. The van der Waals surface area contributed by atoms with Crippen molar-refractivity contribution in [3.63, 3.8) is 0 Å². The molecule has 0 saturated carbocycles. The van der Waals surface area contributed by atoms with Crippen LogP contribution in [0.15, 0.2) is 24.3 Å². The highest BCUT2D eigenvalue weighted by molar-refractivity contribution is 5.93. The number of rotatable bonds is 4. The number of benzene rings is 1. The molecule has 1 aromatic rings. The van der Waals surface area contributed by atoms with Gasteiger partial charge in [-0.3, -0.25) is 4.79 Å². The lowest BCUT2D eigenvalue weighted by Gasteiger charge is -2.13. The third-order valence-corrected chi connectivity index (χ3v) is 3.23. The Bertz CT molecular complexity index is 384. The van der Waals surface area contributed by atoms with Crippen molar-refractivity contribution in [2.45, 2.75) is 26.2 Å². The summed E-state index contributed by atoms with van der Waals surface area (Å²) < 4.78 is 0. The minimum absolute atomic E-state index is 0.129. The quantitative estimate of drug-likeness (QED) is 0.835. The Kier molecular flexibility index (Phi) is 4.15. The summed E-state index contributed by atoms with van der Waals surface area (Å²) in [7, 11) is 0. The first-order valence-corrected chi connectivity index (χ1v) is 6.40. The number of anilines is 1. The zero-order valence-corrected chi connectivity index (χ0v) is 10.3. The number of para-hydroxylation sites is 1. The van der Waals surface area contributed by atoms with Gasteiger partial charge in [-0.05, 0) is 31.0 Å². The second-order valence-corrected chi connectivity index (χ2v) is 4.59. The molecule has 1 fully saturated rings. The second kappa shape index (κ2) is 5.82. The SMILES string of the molecule is CCCc1ccccc1NC(=O)C1CCNC1. The molecule has 0 aliphatic carbocycles. The van der Waals surface area contributed by atoms with Crippen molar-refractivity contribution in [3.05, 3.63) is 29.8 Å². The average Bonchev–Trinajstić information content (AvgIpc) is 2.85. The van der Waals surface area contributed by atoms with E-state index < -0.39 is 0 Å². The van der Waals surface area contributed by atoms with Crippen molar-refractivity contribution in [1.29, 1.82) is 0 Å². The first-order chi connectivity index (χ1) is 8.31. The lowest BCUT2D eigenvalue weighted by Crippen LogP contribution is -2.25. The van der Waals surface area contributed by atoms with E-state index in [1.54, 1.807) is 0 Å². The molecule has 2 N–H and O–H groups in total. The third kappa shape index (κ3) is 3.07. The number of hydrogen-bond acceptors (Lipinski definition) is 2. The first kappa shape index (κ1) is 12.1. The summed E-state index contributed by atoms with van der Waals surface area (Å²) in [5.41, 5.74) is 2.21. The fourth-order valence-electron chi connectivity index (χ4n) is 2.24. The van der Waals surface area contributed by atoms with Crippen LogP contribution in [-0.2, 0) is 11.2 Å². The normalized spacial score (nSPS) is 19.2. The van der Waals surface area contributed by atoms with Crippen LogP contribution in [0.2, 0.25) is 0 Å². The van der Waals surface area contributed by atoms with Crippen molar-refractivity contribution < 1.29 is 4.79 Å². The van der Waals surface area contributed by atoms with E-state index in [1.165, 1.54) is 5.56 Å². The van der Waals surface area contributed by atoms with E-state index in [9.17, 15) is 4.79 Å². The van der Waals surface area contributed by atoms with Crippen molar-refractivity contribution in [1.82, 2.24) is 5.32 Å². The van der Waals surface area contributed by atoms with Gasteiger partial charge in [-0.1, -0.05) is 31.5 Å². The van der Waals surface area contributed by atoms with Gasteiger partial charge >= 0.3 is 0 Å². The van der Waals surface area contributed by atoms with Gasteiger partial charge in [0.2, 0.25) is 5.91 Å². The van der Waals surface area contributed by atoms with E-state index in [1.807, 2.05) is 18.2 Å². The number of carbonyl (C=O) groups excluding carboxylic acids is 1. The molecule has 0 aromatic heterocycles. The number of aryl methyl sites for hydroxylation is 1. The number of nitrogens with one attached hydrogen (secondary N) is 2. The van der Waals surface area contributed by atoms with E-state index in [0.717, 1.165) is 38.0 Å². The molecule has 3 nitrogen and oxygen atoms in total. The van der Waals surface area contributed by atoms with Crippen LogP contribution in [0.5, 0.6) is 0 Å². The third-order valence-electron chi connectivity index (χ3n) is 3.23. The van der Waals surface area contributed by atoms with Crippen LogP contribution < -0.4 is 10.6 Å². The molecular weight excluding hydrogens is 212 g/mol. The van der Waals surface area contributed by atoms with Crippen molar-refractivity contribution in [2.75, 3.05) is 18.4 Å². The Morgan fingerprint density at radius 1 is 1.47 bits per heavy atom. The highest BCUT2D eigenvalue weighted by atomic mass is 16.1. The molecular formula is C14H20N2O. The van der Waals surface area contributed by atoms with Crippen LogP contribution in [0.25, 0.3) is 0 Å². The van der Waals surface area contributed by atoms with Gasteiger partial charge in [0.1, 0.15) is 0 Å². The predicted molar refractivity (Wildman–Crippen MR) is 70.0 cm³/mol. The smallest absolute Gasteiger partial charge is 0.228 e. The molecule has 1 aliphatic heterocycles. The summed E-state index contributed by atoms with van der Waals surface area (Å²) in [5, 5.41) is 6.28. The van der Waals surface area contributed by atoms with E-state index in [2.05, 4.69) is 23.6 Å². The van der Waals surface area contributed by atoms with Gasteiger partial charge in [-0.25, -0.2) is 0 Å². The van der Waals surface area contributed by atoms with Gasteiger partial charge in [0.25, 0.3) is 0 Å². The molecule has 1 unspecified atom stereocenters. The van der Waals surface area contributed by atoms with E-state index in [-0.39, 0.29) is 11.8 Å². The van der Waals surface area contributed by atoms with Gasteiger partial charge in [0.05, 0.1) is 5.92 Å². The molecule has 2 rings (SSSR count). The molecule has 0 spiro atoms. The molecule has 17 heavy (non-hydrogen) atoms. The minimum atomic E-state index is 0.129. The fraction of sp³-hybridized carbons (Fsp3) is 0.500. The second-order valence-electron chi connectivity index (χ2n) is 4.59. The van der Waals surface area contributed by atoms with Crippen LogP contribution in [0.3, 0.4) is 0 Å². The molecule has 1 saturated heterocycles. The lowest BCUT2D eigenvalue weighted by molar-refractivity contribution is -0.119. The minimum Gasteiger partial charge on any atom is -0.326 e. The molecule has 0 radical (unpaired) electrons. The average molecular weight is 232 g/mol. The Morgan fingerprint density at radius 3 is 3.00 bits per heavy atom. The Morgan fingerprint density at radius 2 is 2.29 bits per heavy atom. The van der Waals surface area contributed by atoms with Crippen LogP contribution in [-0.4, -0.2) is 19.0 Å². The maximum absolute atomic E-state index is 12.0. The molecule has 1 atom stereocenters. The van der Waals surface area contributed by atoms with E-state index in [4.69, 9.17) is 0 Å². The van der Waals surface area contributed by atoms with Crippen molar-refractivity contribution in [2.24, 2.45) is 5.92 Å². The standard InChI is InChI=1S/C14H20N2O/c1-2-5-11-6-3-4-7-13(11)16-14(17)12-8-9-15-10-12/h3-4,6-7,12,15H,2,5,8-10H2,1H3,(H,16,17). The van der Waals surface area contributed by atoms with Crippen LogP contribution in [0.1, 0.15) is 25.3 Å². The zero-order valence-electron chi connectivity index (χ0n) is 10.3. The number of hydrogen-bond donors (Lipinski definition) is 2. The zero-order chi connectivity index (χ0) is 12.1. The first-order valence-electron chi connectivity index (χ1n) is 6.40. The summed E-state index contributed by atoms with van der Waals surface area (Å²) in [6, 6.07) is 8.08. The van der Waals surface area contributed by atoms with Crippen molar-refractivity contribution >= 4 is 11.6 Å². The van der Waals surface area contributed by atoms with E-state index in [0.29, 0.717) is 0 Å². The molecule has 0 bridgehead atoms. The molecule has 1 amide bonds. The van der Waals surface area contributed by atoms with Gasteiger partial charge in [0.15, 0.2) is 0 Å². The molecule has 92 valence electrons. The number of carbonyl (C=O) groups is 1. The highest BCUT2D eigenvalue weighted by Gasteiger charge is 2.22. The van der Waals surface area contributed by atoms with E-state index >= 15 is 0 Å². The topological polar surface area (TPSA) is 41.1 Å². The molecule has 1 heterocycles.